The van der Waals surface area contributed by atoms with Crippen molar-refractivity contribution in [3.63, 3.8) is 0 Å². The molecule has 0 bridgehead atoms. The van der Waals surface area contributed by atoms with E-state index in [2.05, 4.69) is 17.4 Å². The predicted octanol–water partition coefficient (Wildman–Crippen LogP) is 3.51. The third-order valence-electron chi connectivity index (χ3n) is 5.13. The first kappa shape index (κ1) is 15.6. The van der Waals surface area contributed by atoms with Crippen molar-refractivity contribution in [2.45, 2.75) is 6.04 Å². The zero-order valence-electron chi connectivity index (χ0n) is 13.1. The second-order valence-electron chi connectivity index (χ2n) is 6.52. The zero-order chi connectivity index (χ0) is 16.7. The van der Waals surface area contributed by atoms with E-state index in [1.807, 2.05) is 23.1 Å². The Morgan fingerprint density at radius 2 is 1.96 bits per heavy atom. The number of halogens is 2. The van der Waals surface area contributed by atoms with Gasteiger partial charge in [-0.2, -0.15) is 0 Å². The molecule has 2 aliphatic heterocycles. The van der Waals surface area contributed by atoms with Crippen molar-refractivity contribution in [2.75, 3.05) is 19.6 Å². The second-order valence-corrected chi connectivity index (χ2v) is 6.93. The number of hydrogen-bond donors (Lipinski definition) is 1. The maximum Gasteiger partial charge on any atom is 0.255 e. The van der Waals surface area contributed by atoms with Gasteiger partial charge in [0.1, 0.15) is 5.82 Å². The lowest BCUT2D eigenvalue weighted by Gasteiger charge is -2.28. The van der Waals surface area contributed by atoms with Crippen molar-refractivity contribution >= 4 is 17.5 Å². The number of benzene rings is 2. The topological polar surface area (TPSA) is 32.3 Å². The number of nitrogens with one attached hydrogen (secondary N) is 1. The Morgan fingerprint density at radius 3 is 2.71 bits per heavy atom. The summed E-state index contributed by atoms with van der Waals surface area (Å²) in [5.41, 5.74) is 1.51. The number of carbonyl (C=O) groups is 1. The Kier molecular flexibility index (Phi) is 4.02. The molecular weight excluding hydrogens is 327 g/mol. The first-order chi connectivity index (χ1) is 11.6. The minimum absolute atomic E-state index is 0.0276. The molecule has 0 unspecified atom stereocenters. The Balaban J connectivity index is 1.71. The van der Waals surface area contributed by atoms with Crippen LogP contribution < -0.4 is 5.32 Å². The third kappa shape index (κ3) is 2.60. The molecule has 2 aromatic rings. The van der Waals surface area contributed by atoms with Gasteiger partial charge in [-0.3, -0.25) is 4.79 Å². The molecule has 24 heavy (non-hydrogen) atoms. The highest BCUT2D eigenvalue weighted by molar-refractivity contribution is 6.33. The molecule has 0 radical (unpaired) electrons. The number of rotatable bonds is 2. The van der Waals surface area contributed by atoms with Gasteiger partial charge in [-0.05, 0) is 29.7 Å². The van der Waals surface area contributed by atoms with Crippen molar-refractivity contribution in [1.82, 2.24) is 10.2 Å². The molecule has 2 aromatic carbocycles. The average molecular weight is 345 g/mol. The summed E-state index contributed by atoms with van der Waals surface area (Å²) in [5.74, 6) is 0.288. The van der Waals surface area contributed by atoms with Gasteiger partial charge in [-0.15, -0.1) is 0 Å². The minimum Gasteiger partial charge on any atom is -0.331 e. The van der Waals surface area contributed by atoms with E-state index in [-0.39, 0.29) is 17.0 Å². The van der Waals surface area contributed by atoms with Crippen LogP contribution in [0, 0.1) is 17.7 Å². The molecule has 1 N–H and O–H groups in total. The van der Waals surface area contributed by atoms with Gasteiger partial charge in [-0.1, -0.05) is 41.9 Å². The van der Waals surface area contributed by atoms with E-state index in [9.17, 15) is 9.18 Å². The molecule has 124 valence electrons. The van der Waals surface area contributed by atoms with E-state index >= 15 is 0 Å². The molecule has 2 aliphatic rings. The second kappa shape index (κ2) is 6.19. The maximum absolute atomic E-state index is 13.3. The Hall–Kier alpha value is -1.91. The van der Waals surface area contributed by atoms with E-state index in [1.54, 1.807) is 0 Å². The molecule has 5 heteroatoms. The number of nitrogens with zero attached hydrogens (tertiary/aromatic N) is 1. The standard InChI is InChI=1S/C19H18ClFN2O/c20-17-8-14(21)6-7-15(17)19(24)23-11-13-9-22-10-16(13)18(23)12-4-2-1-3-5-12/h1-8,13,16,18,22H,9-11H2/t13-,16-,18-/m0/s1. The van der Waals surface area contributed by atoms with Gasteiger partial charge in [0.15, 0.2) is 0 Å². The Morgan fingerprint density at radius 1 is 1.17 bits per heavy atom. The smallest absolute Gasteiger partial charge is 0.255 e. The first-order valence-electron chi connectivity index (χ1n) is 8.17. The summed E-state index contributed by atoms with van der Waals surface area (Å²) in [4.78, 5) is 15.0. The maximum atomic E-state index is 13.3. The van der Waals surface area contributed by atoms with Gasteiger partial charge in [0.25, 0.3) is 5.91 Å². The average Bonchev–Trinajstić information content (AvgIpc) is 3.15. The Labute approximate surface area is 145 Å². The first-order valence-corrected chi connectivity index (χ1v) is 8.54. The number of hydrogen-bond acceptors (Lipinski definition) is 2. The van der Waals surface area contributed by atoms with Crippen molar-refractivity contribution < 1.29 is 9.18 Å². The molecule has 3 atom stereocenters. The SMILES string of the molecule is O=C(c1ccc(F)cc1Cl)N1C[C@@H]2CNC[C@@H]2[C@@H]1c1ccccc1. The van der Waals surface area contributed by atoms with Crippen LogP contribution in [0.15, 0.2) is 48.5 Å². The van der Waals surface area contributed by atoms with E-state index in [0.717, 1.165) is 18.7 Å². The van der Waals surface area contributed by atoms with Crippen molar-refractivity contribution in [1.29, 1.82) is 0 Å². The van der Waals surface area contributed by atoms with Crippen molar-refractivity contribution in [3.8, 4) is 0 Å². The van der Waals surface area contributed by atoms with Crippen LogP contribution in [0.1, 0.15) is 22.0 Å². The van der Waals surface area contributed by atoms with E-state index in [1.165, 1.54) is 18.2 Å². The molecule has 1 amide bonds. The fraction of sp³-hybridized carbons (Fsp3) is 0.316. The highest BCUT2D eigenvalue weighted by Gasteiger charge is 2.47. The quantitative estimate of drug-likeness (QED) is 0.904. The monoisotopic (exact) mass is 344 g/mol. The predicted molar refractivity (Wildman–Crippen MR) is 91.5 cm³/mol. The van der Waals surface area contributed by atoms with Gasteiger partial charge in [0.05, 0.1) is 16.6 Å². The summed E-state index contributed by atoms with van der Waals surface area (Å²) < 4.78 is 13.3. The van der Waals surface area contributed by atoms with Crippen molar-refractivity contribution in [3.05, 3.63) is 70.5 Å². The van der Waals surface area contributed by atoms with Crippen LogP contribution in [-0.4, -0.2) is 30.4 Å². The Bertz CT molecular complexity index is 767. The van der Waals surface area contributed by atoms with Crippen LogP contribution in [0.2, 0.25) is 5.02 Å². The van der Waals surface area contributed by atoms with Crippen LogP contribution in [0.25, 0.3) is 0 Å². The van der Waals surface area contributed by atoms with Gasteiger partial charge in [0, 0.05) is 25.6 Å². The normalized spacial score (nSPS) is 25.8. The summed E-state index contributed by atoms with van der Waals surface area (Å²) >= 11 is 6.12. The number of carbonyl (C=O) groups excluding carboxylic acids is 1. The van der Waals surface area contributed by atoms with Crippen LogP contribution in [0.3, 0.4) is 0 Å². The molecule has 2 heterocycles. The molecule has 2 saturated heterocycles. The fourth-order valence-corrected chi connectivity index (χ4v) is 4.27. The lowest BCUT2D eigenvalue weighted by Crippen LogP contribution is -2.34. The summed E-state index contributed by atoms with van der Waals surface area (Å²) in [7, 11) is 0. The van der Waals surface area contributed by atoms with Gasteiger partial charge < -0.3 is 10.2 Å². The molecule has 0 aromatic heterocycles. The molecule has 2 fully saturated rings. The highest BCUT2D eigenvalue weighted by atomic mass is 35.5. The number of likely N-dealkylation sites (tertiary alicyclic amines) is 1. The van der Waals surface area contributed by atoms with Crippen molar-refractivity contribution in [2.24, 2.45) is 11.8 Å². The summed E-state index contributed by atoms with van der Waals surface area (Å²) in [6.07, 6.45) is 0. The van der Waals surface area contributed by atoms with Crippen LogP contribution >= 0.6 is 11.6 Å². The summed E-state index contributed by atoms with van der Waals surface area (Å²) in [6.45, 7) is 2.53. The van der Waals surface area contributed by atoms with Gasteiger partial charge >= 0.3 is 0 Å². The lowest BCUT2D eigenvalue weighted by atomic mass is 9.89. The van der Waals surface area contributed by atoms with E-state index in [4.69, 9.17) is 11.6 Å². The molecule has 0 aliphatic carbocycles. The summed E-state index contributed by atoms with van der Waals surface area (Å²) in [5, 5.41) is 3.60. The molecule has 0 saturated carbocycles. The molecule has 4 rings (SSSR count). The van der Waals surface area contributed by atoms with E-state index < -0.39 is 5.82 Å². The fourth-order valence-electron chi connectivity index (χ4n) is 4.02. The molecular formula is C19H18ClFN2O. The molecule has 3 nitrogen and oxygen atoms in total. The minimum atomic E-state index is -0.432. The van der Waals surface area contributed by atoms with Crippen LogP contribution in [0.5, 0.6) is 0 Å². The third-order valence-corrected chi connectivity index (χ3v) is 5.44. The summed E-state index contributed by atoms with van der Waals surface area (Å²) in [6, 6.07) is 14.1. The van der Waals surface area contributed by atoms with E-state index in [0.29, 0.717) is 23.9 Å². The zero-order valence-corrected chi connectivity index (χ0v) is 13.8. The molecule has 0 spiro atoms. The van der Waals surface area contributed by atoms with Gasteiger partial charge in [-0.25, -0.2) is 4.39 Å². The van der Waals surface area contributed by atoms with Crippen LogP contribution in [-0.2, 0) is 0 Å². The number of fused-ring (bicyclic) bond motifs is 1. The largest absolute Gasteiger partial charge is 0.331 e. The number of amides is 1. The van der Waals surface area contributed by atoms with Crippen LogP contribution in [0.4, 0.5) is 4.39 Å². The van der Waals surface area contributed by atoms with Gasteiger partial charge in [0.2, 0.25) is 0 Å². The highest BCUT2D eigenvalue weighted by Crippen LogP contribution is 2.43. The lowest BCUT2D eigenvalue weighted by molar-refractivity contribution is 0.0714.